The van der Waals surface area contributed by atoms with Gasteiger partial charge in [-0.25, -0.2) is 8.42 Å². The first-order valence-corrected chi connectivity index (χ1v) is 7.26. The molecule has 1 saturated carbocycles. The molecule has 82 valence electrons. The van der Waals surface area contributed by atoms with Crippen molar-refractivity contribution in [2.75, 3.05) is 12.3 Å². The van der Waals surface area contributed by atoms with Gasteiger partial charge in [0.05, 0.1) is 11.0 Å². The number of nitrogens with one attached hydrogen (secondary N) is 1. The largest absolute Gasteiger partial charge is 0.313 e. The molecule has 0 bridgehead atoms. The Balaban J connectivity index is 2.22. The molecule has 0 aromatic heterocycles. The van der Waals surface area contributed by atoms with Gasteiger partial charge in [-0.3, -0.25) is 0 Å². The van der Waals surface area contributed by atoms with E-state index < -0.39 is 9.84 Å². The summed E-state index contributed by atoms with van der Waals surface area (Å²) in [6.07, 6.45) is 3.85. The molecule has 4 heteroatoms. The Kier molecular flexibility index (Phi) is 2.84. The zero-order valence-corrected chi connectivity index (χ0v) is 9.52. The average molecular weight is 217 g/mol. The minimum Gasteiger partial charge on any atom is -0.313 e. The molecular formula is C10H19NO2S. The van der Waals surface area contributed by atoms with Gasteiger partial charge >= 0.3 is 0 Å². The summed E-state index contributed by atoms with van der Waals surface area (Å²) in [5.41, 5.74) is 0. The third-order valence-corrected chi connectivity index (χ3v) is 5.83. The van der Waals surface area contributed by atoms with E-state index in [2.05, 4.69) is 12.2 Å². The Hall–Kier alpha value is -0.0900. The van der Waals surface area contributed by atoms with Crippen molar-refractivity contribution < 1.29 is 8.42 Å². The molecule has 3 atom stereocenters. The molecule has 0 spiro atoms. The number of hydrogen-bond donors (Lipinski definition) is 1. The first-order valence-electron chi connectivity index (χ1n) is 5.54. The first kappa shape index (κ1) is 10.4. The Bertz CT molecular complexity index is 299. The second-order valence-electron chi connectivity index (χ2n) is 4.74. The Labute approximate surface area is 86.2 Å². The van der Waals surface area contributed by atoms with Crippen LogP contribution in [0.15, 0.2) is 0 Å². The highest BCUT2D eigenvalue weighted by Gasteiger charge is 2.38. The molecule has 14 heavy (non-hydrogen) atoms. The average Bonchev–Trinajstić information content (AvgIpc) is 2.26. The molecule has 3 nitrogen and oxygen atoms in total. The van der Waals surface area contributed by atoms with Crippen LogP contribution < -0.4 is 5.32 Å². The van der Waals surface area contributed by atoms with Gasteiger partial charge in [-0.1, -0.05) is 6.92 Å². The van der Waals surface area contributed by atoms with Crippen LogP contribution in [-0.2, 0) is 9.84 Å². The van der Waals surface area contributed by atoms with Crippen LogP contribution in [0.25, 0.3) is 0 Å². The first-order chi connectivity index (χ1) is 6.59. The van der Waals surface area contributed by atoms with E-state index in [1.54, 1.807) is 0 Å². The maximum atomic E-state index is 11.9. The Morgan fingerprint density at radius 1 is 1.29 bits per heavy atom. The maximum absolute atomic E-state index is 11.9. The third-order valence-electron chi connectivity index (χ3n) is 3.53. The smallest absolute Gasteiger partial charge is 0.154 e. The minimum atomic E-state index is -2.82. The lowest BCUT2D eigenvalue weighted by Crippen LogP contribution is -2.46. The highest BCUT2D eigenvalue weighted by atomic mass is 32.2. The van der Waals surface area contributed by atoms with Crippen LogP contribution in [0.1, 0.15) is 32.6 Å². The molecule has 2 fully saturated rings. The van der Waals surface area contributed by atoms with E-state index in [-0.39, 0.29) is 11.3 Å². The van der Waals surface area contributed by atoms with E-state index >= 15 is 0 Å². The van der Waals surface area contributed by atoms with Gasteiger partial charge in [0.25, 0.3) is 0 Å². The van der Waals surface area contributed by atoms with Crippen molar-refractivity contribution >= 4 is 9.84 Å². The zero-order chi connectivity index (χ0) is 10.2. The molecule has 1 saturated heterocycles. The van der Waals surface area contributed by atoms with Crippen molar-refractivity contribution in [1.29, 1.82) is 0 Å². The van der Waals surface area contributed by atoms with Crippen LogP contribution in [0.2, 0.25) is 0 Å². The fourth-order valence-corrected chi connectivity index (χ4v) is 4.88. The van der Waals surface area contributed by atoms with Gasteiger partial charge in [-0.05, 0) is 38.1 Å². The lowest BCUT2D eigenvalue weighted by molar-refractivity contribution is 0.314. The summed E-state index contributed by atoms with van der Waals surface area (Å²) < 4.78 is 23.9. The second-order valence-corrected chi connectivity index (χ2v) is 7.08. The van der Waals surface area contributed by atoms with Crippen molar-refractivity contribution in [2.45, 2.75) is 43.9 Å². The lowest BCUT2D eigenvalue weighted by Gasteiger charge is -2.33. The molecule has 1 N–H and O–H groups in total. The maximum Gasteiger partial charge on any atom is 0.154 e. The summed E-state index contributed by atoms with van der Waals surface area (Å²) >= 11 is 0. The van der Waals surface area contributed by atoms with E-state index in [4.69, 9.17) is 0 Å². The van der Waals surface area contributed by atoms with Gasteiger partial charge in [0, 0.05) is 6.04 Å². The quantitative estimate of drug-likeness (QED) is 0.657. The fraction of sp³-hybridized carbons (Fsp3) is 1.00. The molecule has 0 amide bonds. The van der Waals surface area contributed by atoms with Crippen LogP contribution >= 0.6 is 0 Å². The van der Waals surface area contributed by atoms with Crippen LogP contribution in [0.3, 0.4) is 0 Å². The van der Waals surface area contributed by atoms with Crippen LogP contribution in [0.5, 0.6) is 0 Å². The number of hydrogen-bond acceptors (Lipinski definition) is 3. The molecule has 2 aliphatic rings. The van der Waals surface area contributed by atoms with Gasteiger partial charge in [-0.15, -0.1) is 0 Å². The van der Waals surface area contributed by atoms with Crippen molar-refractivity contribution in [1.82, 2.24) is 5.32 Å². The molecule has 1 aliphatic heterocycles. The number of sulfone groups is 1. The van der Waals surface area contributed by atoms with Gasteiger partial charge in [0.15, 0.2) is 9.84 Å². The van der Waals surface area contributed by atoms with Crippen molar-refractivity contribution in [2.24, 2.45) is 5.92 Å². The molecule has 2 rings (SSSR count). The molecule has 3 unspecified atom stereocenters. The topological polar surface area (TPSA) is 46.2 Å². The Morgan fingerprint density at radius 2 is 2.07 bits per heavy atom. The van der Waals surface area contributed by atoms with E-state index in [0.717, 1.165) is 25.8 Å². The summed E-state index contributed by atoms with van der Waals surface area (Å²) in [6, 6.07) is 0.235. The molecule has 1 heterocycles. The monoisotopic (exact) mass is 217 g/mol. The summed E-state index contributed by atoms with van der Waals surface area (Å²) in [6.45, 7) is 3.03. The van der Waals surface area contributed by atoms with E-state index in [0.29, 0.717) is 11.7 Å². The summed E-state index contributed by atoms with van der Waals surface area (Å²) in [4.78, 5) is 0. The van der Waals surface area contributed by atoms with Gasteiger partial charge < -0.3 is 5.32 Å². The second kappa shape index (κ2) is 3.81. The van der Waals surface area contributed by atoms with Crippen molar-refractivity contribution in [3.63, 3.8) is 0 Å². The van der Waals surface area contributed by atoms with Crippen molar-refractivity contribution in [3.8, 4) is 0 Å². The Morgan fingerprint density at radius 3 is 2.86 bits per heavy atom. The van der Waals surface area contributed by atoms with E-state index in [9.17, 15) is 8.42 Å². The highest BCUT2D eigenvalue weighted by Crippen LogP contribution is 2.30. The fourth-order valence-electron chi connectivity index (χ4n) is 2.67. The predicted octanol–water partition coefficient (Wildman–Crippen LogP) is 0.952. The van der Waals surface area contributed by atoms with E-state index in [1.807, 2.05) is 0 Å². The van der Waals surface area contributed by atoms with Crippen LogP contribution in [0.4, 0.5) is 0 Å². The van der Waals surface area contributed by atoms with E-state index in [1.165, 1.54) is 6.42 Å². The van der Waals surface area contributed by atoms with Gasteiger partial charge in [0.1, 0.15) is 0 Å². The lowest BCUT2D eigenvalue weighted by atomic mass is 9.87. The molecule has 0 aromatic rings. The zero-order valence-electron chi connectivity index (χ0n) is 8.70. The summed E-state index contributed by atoms with van der Waals surface area (Å²) in [7, 11) is -2.82. The SMILES string of the molecule is CC1CCC2NCCCS(=O)(=O)C2C1. The van der Waals surface area contributed by atoms with Crippen LogP contribution in [-0.4, -0.2) is 32.0 Å². The van der Waals surface area contributed by atoms with Crippen LogP contribution in [0, 0.1) is 5.92 Å². The van der Waals surface area contributed by atoms with Gasteiger partial charge in [0.2, 0.25) is 0 Å². The summed E-state index contributed by atoms with van der Waals surface area (Å²) in [5.74, 6) is 0.958. The highest BCUT2D eigenvalue weighted by molar-refractivity contribution is 7.92. The third kappa shape index (κ3) is 1.96. The van der Waals surface area contributed by atoms with Gasteiger partial charge in [-0.2, -0.15) is 0 Å². The minimum absolute atomic E-state index is 0.103. The molecule has 0 aromatic carbocycles. The normalized spacial score (nSPS) is 42.5. The predicted molar refractivity (Wildman–Crippen MR) is 57.0 cm³/mol. The molecule has 1 aliphatic carbocycles. The summed E-state index contributed by atoms with van der Waals surface area (Å²) in [5, 5.41) is 3.28. The van der Waals surface area contributed by atoms with Crippen molar-refractivity contribution in [3.05, 3.63) is 0 Å². The number of fused-ring (bicyclic) bond motifs is 1. The molecular weight excluding hydrogens is 198 g/mol. The molecule has 0 radical (unpaired) electrons. The number of rotatable bonds is 0. The standard InChI is InChI=1S/C10H19NO2S/c1-8-3-4-9-10(7-8)14(12,13)6-2-5-11-9/h8-11H,2-7H2,1H3.